The molecule has 0 aromatic carbocycles. The summed E-state index contributed by atoms with van der Waals surface area (Å²) in [5.74, 6) is 0.236. The number of sulfone groups is 1. The second-order valence-electron chi connectivity index (χ2n) is 5.26. The zero-order valence-corrected chi connectivity index (χ0v) is 12.8. The third-order valence-electron chi connectivity index (χ3n) is 3.33. The van der Waals surface area contributed by atoms with Gasteiger partial charge in [-0.25, -0.2) is 8.42 Å². The summed E-state index contributed by atoms with van der Waals surface area (Å²) in [6, 6.07) is 3.76. The molecular formula is C13H19NO3S2. The van der Waals surface area contributed by atoms with Crippen LogP contribution in [0, 0.1) is 5.92 Å². The molecule has 0 N–H and O–H groups in total. The lowest BCUT2D eigenvalue weighted by atomic mass is 10.1. The van der Waals surface area contributed by atoms with Crippen LogP contribution in [-0.2, 0) is 21.2 Å². The molecule has 106 valence electrons. The van der Waals surface area contributed by atoms with Crippen LogP contribution in [0.25, 0.3) is 0 Å². The minimum atomic E-state index is -2.97. The van der Waals surface area contributed by atoms with E-state index < -0.39 is 9.84 Å². The lowest BCUT2D eigenvalue weighted by Gasteiger charge is -2.29. The number of hydrogen-bond donors (Lipinski definition) is 0. The average molecular weight is 301 g/mol. The molecule has 2 rings (SSSR count). The van der Waals surface area contributed by atoms with Crippen LogP contribution in [0.3, 0.4) is 0 Å². The van der Waals surface area contributed by atoms with E-state index in [9.17, 15) is 13.2 Å². The molecule has 1 saturated heterocycles. The van der Waals surface area contributed by atoms with Gasteiger partial charge in [0.2, 0.25) is 5.91 Å². The van der Waals surface area contributed by atoms with E-state index in [1.165, 1.54) is 0 Å². The largest absolute Gasteiger partial charge is 0.333 e. The summed E-state index contributed by atoms with van der Waals surface area (Å²) in [6.07, 6.45) is 0.562. The van der Waals surface area contributed by atoms with Crippen LogP contribution < -0.4 is 0 Å². The highest BCUT2D eigenvalue weighted by Crippen LogP contribution is 2.23. The van der Waals surface area contributed by atoms with E-state index >= 15 is 0 Å². The van der Waals surface area contributed by atoms with Crippen LogP contribution in [-0.4, -0.2) is 36.8 Å². The minimum absolute atomic E-state index is 0.0375. The van der Waals surface area contributed by atoms with Gasteiger partial charge in [-0.05, 0) is 17.9 Å². The third kappa shape index (κ3) is 3.57. The second kappa shape index (κ2) is 5.63. The van der Waals surface area contributed by atoms with E-state index in [0.29, 0.717) is 13.0 Å². The highest BCUT2D eigenvalue weighted by atomic mass is 32.2. The van der Waals surface area contributed by atoms with Gasteiger partial charge < -0.3 is 4.90 Å². The van der Waals surface area contributed by atoms with Gasteiger partial charge in [0.05, 0.1) is 18.1 Å². The van der Waals surface area contributed by atoms with Crippen LogP contribution in [0.4, 0.5) is 0 Å². The second-order valence-corrected chi connectivity index (χ2v) is 8.52. The Hall–Kier alpha value is -0.880. The first kappa shape index (κ1) is 14.5. The van der Waals surface area contributed by atoms with E-state index in [0.717, 1.165) is 4.88 Å². The molecule has 0 spiro atoms. The molecule has 0 aliphatic carbocycles. The highest BCUT2D eigenvalue weighted by molar-refractivity contribution is 7.91. The SMILES string of the molecule is CC(C)C(=O)N(Cc1cccs1)[C@H]1CCS(=O)(=O)C1. The van der Waals surface area contributed by atoms with Crippen molar-refractivity contribution in [3.8, 4) is 0 Å². The first-order valence-electron chi connectivity index (χ1n) is 6.42. The van der Waals surface area contributed by atoms with Crippen molar-refractivity contribution < 1.29 is 13.2 Å². The molecule has 0 radical (unpaired) electrons. The minimum Gasteiger partial charge on any atom is -0.333 e. The van der Waals surface area contributed by atoms with E-state index in [4.69, 9.17) is 0 Å². The first-order chi connectivity index (χ1) is 8.89. The van der Waals surface area contributed by atoms with Crippen molar-refractivity contribution in [1.29, 1.82) is 0 Å². The van der Waals surface area contributed by atoms with Gasteiger partial charge in [0.1, 0.15) is 0 Å². The molecule has 1 aliphatic rings. The predicted molar refractivity (Wildman–Crippen MR) is 76.8 cm³/mol. The van der Waals surface area contributed by atoms with Crippen molar-refractivity contribution >= 4 is 27.1 Å². The van der Waals surface area contributed by atoms with Crippen LogP contribution in [0.5, 0.6) is 0 Å². The van der Waals surface area contributed by atoms with Crippen molar-refractivity contribution in [3.05, 3.63) is 22.4 Å². The maximum atomic E-state index is 12.3. The molecular weight excluding hydrogens is 282 g/mol. The first-order valence-corrected chi connectivity index (χ1v) is 9.12. The molecule has 1 amide bonds. The van der Waals surface area contributed by atoms with E-state index in [-0.39, 0.29) is 29.4 Å². The number of amides is 1. The van der Waals surface area contributed by atoms with Crippen LogP contribution >= 0.6 is 11.3 Å². The molecule has 0 saturated carbocycles. The molecule has 1 aliphatic heterocycles. The lowest BCUT2D eigenvalue weighted by Crippen LogP contribution is -2.42. The van der Waals surface area contributed by atoms with Crippen molar-refractivity contribution in [1.82, 2.24) is 4.90 Å². The number of hydrogen-bond acceptors (Lipinski definition) is 4. The van der Waals surface area contributed by atoms with Gasteiger partial charge in [0, 0.05) is 16.8 Å². The molecule has 0 unspecified atom stereocenters. The Bertz CT molecular complexity index is 534. The Kier molecular flexibility index (Phi) is 4.30. The summed E-state index contributed by atoms with van der Waals surface area (Å²) in [5.41, 5.74) is 0. The maximum Gasteiger partial charge on any atom is 0.225 e. The molecule has 1 aromatic heterocycles. The van der Waals surface area contributed by atoms with Crippen molar-refractivity contribution in [2.75, 3.05) is 11.5 Å². The Labute approximate surface area is 118 Å². The van der Waals surface area contributed by atoms with Crippen molar-refractivity contribution in [2.24, 2.45) is 5.92 Å². The summed E-state index contributed by atoms with van der Waals surface area (Å²) in [4.78, 5) is 15.1. The highest BCUT2D eigenvalue weighted by Gasteiger charge is 2.35. The Balaban J connectivity index is 2.17. The zero-order valence-electron chi connectivity index (χ0n) is 11.2. The fourth-order valence-corrected chi connectivity index (χ4v) is 4.74. The standard InChI is InChI=1S/C13H19NO3S2/c1-10(2)13(15)14(8-12-4-3-6-18-12)11-5-7-19(16,17)9-11/h3-4,6,10-11H,5,7-9H2,1-2H3/t11-/m0/s1. The fraction of sp³-hybridized carbons (Fsp3) is 0.615. The van der Waals surface area contributed by atoms with Crippen LogP contribution in [0.2, 0.25) is 0 Å². The molecule has 1 aromatic rings. The van der Waals surface area contributed by atoms with Gasteiger partial charge in [-0.1, -0.05) is 19.9 Å². The normalized spacial score (nSPS) is 21.7. The Morgan fingerprint density at radius 3 is 2.74 bits per heavy atom. The topological polar surface area (TPSA) is 54.5 Å². The summed E-state index contributed by atoms with van der Waals surface area (Å²) >= 11 is 1.60. The number of carbonyl (C=O) groups is 1. The van der Waals surface area contributed by atoms with Gasteiger partial charge >= 0.3 is 0 Å². The average Bonchev–Trinajstić information content (AvgIpc) is 2.94. The van der Waals surface area contributed by atoms with Gasteiger partial charge in [0.25, 0.3) is 0 Å². The van der Waals surface area contributed by atoms with E-state index in [1.807, 2.05) is 31.4 Å². The number of rotatable bonds is 4. The van der Waals surface area contributed by atoms with Gasteiger partial charge in [-0.3, -0.25) is 4.79 Å². The fourth-order valence-electron chi connectivity index (χ4n) is 2.31. The molecule has 6 heteroatoms. The van der Waals surface area contributed by atoms with Gasteiger partial charge in [0.15, 0.2) is 9.84 Å². The molecule has 1 atom stereocenters. The Morgan fingerprint density at radius 1 is 1.53 bits per heavy atom. The monoisotopic (exact) mass is 301 g/mol. The van der Waals surface area contributed by atoms with Gasteiger partial charge in [-0.2, -0.15) is 0 Å². The third-order valence-corrected chi connectivity index (χ3v) is 5.94. The van der Waals surface area contributed by atoms with Crippen LogP contribution in [0.15, 0.2) is 17.5 Å². The summed E-state index contributed by atoms with van der Waals surface area (Å²) in [6.45, 7) is 4.23. The zero-order chi connectivity index (χ0) is 14.0. The number of carbonyl (C=O) groups excluding carboxylic acids is 1. The quantitative estimate of drug-likeness (QED) is 0.854. The van der Waals surface area contributed by atoms with Crippen LogP contribution in [0.1, 0.15) is 25.1 Å². The number of nitrogens with zero attached hydrogens (tertiary/aromatic N) is 1. The molecule has 1 fully saturated rings. The summed E-state index contributed by atoms with van der Waals surface area (Å²) in [5, 5.41) is 1.97. The predicted octanol–water partition coefficient (Wildman–Crippen LogP) is 1.92. The molecule has 19 heavy (non-hydrogen) atoms. The lowest BCUT2D eigenvalue weighted by molar-refractivity contribution is -0.137. The van der Waals surface area contributed by atoms with E-state index in [2.05, 4.69) is 0 Å². The maximum absolute atomic E-state index is 12.3. The summed E-state index contributed by atoms with van der Waals surface area (Å²) in [7, 11) is -2.97. The number of thiophene rings is 1. The van der Waals surface area contributed by atoms with E-state index in [1.54, 1.807) is 16.2 Å². The van der Waals surface area contributed by atoms with Crippen molar-refractivity contribution in [2.45, 2.75) is 32.9 Å². The molecule has 2 heterocycles. The van der Waals surface area contributed by atoms with Gasteiger partial charge in [-0.15, -0.1) is 11.3 Å². The molecule has 4 nitrogen and oxygen atoms in total. The molecule has 0 bridgehead atoms. The summed E-state index contributed by atoms with van der Waals surface area (Å²) < 4.78 is 23.2. The smallest absolute Gasteiger partial charge is 0.225 e. The van der Waals surface area contributed by atoms with Crippen molar-refractivity contribution in [3.63, 3.8) is 0 Å². The Morgan fingerprint density at radius 2 is 2.26 bits per heavy atom.